The number of aryl methyl sites for hydroxylation is 2. The molecule has 2 aromatic rings. The topological polar surface area (TPSA) is 49.4 Å². The number of thiophene rings is 1. The third-order valence-electron chi connectivity index (χ3n) is 4.36. The molecule has 1 N–H and O–H groups in total. The smallest absolute Gasteiger partial charge is 0.263 e. The van der Waals surface area contributed by atoms with Crippen LogP contribution >= 0.6 is 11.3 Å². The highest BCUT2D eigenvalue weighted by Gasteiger charge is 2.27. The summed E-state index contributed by atoms with van der Waals surface area (Å²) in [6, 6.07) is 9.82. The molecule has 0 unspecified atom stereocenters. The first-order valence-corrected chi connectivity index (χ1v) is 8.96. The van der Waals surface area contributed by atoms with E-state index < -0.39 is 0 Å². The second-order valence-electron chi connectivity index (χ2n) is 6.56. The van der Waals surface area contributed by atoms with Crippen molar-refractivity contribution in [1.29, 1.82) is 0 Å². The van der Waals surface area contributed by atoms with Crippen LogP contribution in [0.15, 0.2) is 30.3 Å². The molecule has 0 saturated heterocycles. The Morgan fingerprint density at radius 3 is 2.75 bits per heavy atom. The van der Waals surface area contributed by atoms with E-state index in [0.29, 0.717) is 6.42 Å². The van der Waals surface area contributed by atoms with Gasteiger partial charge in [-0.25, -0.2) is 0 Å². The van der Waals surface area contributed by atoms with Gasteiger partial charge in [-0.3, -0.25) is 9.59 Å². The summed E-state index contributed by atoms with van der Waals surface area (Å²) in [5, 5.41) is 3.02. The van der Waals surface area contributed by atoms with Crippen LogP contribution in [-0.2, 0) is 17.6 Å². The van der Waals surface area contributed by atoms with E-state index >= 15 is 0 Å². The van der Waals surface area contributed by atoms with Crippen LogP contribution in [0.25, 0.3) is 0 Å². The molecule has 1 aromatic carbocycles. The van der Waals surface area contributed by atoms with Crippen LogP contribution in [0.2, 0.25) is 0 Å². The summed E-state index contributed by atoms with van der Waals surface area (Å²) in [4.78, 5) is 28.3. The number of fused-ring (bicyclic) bond motifs is 1. The largest absolute Gasteiger partial charge is 0.344 e. The van der Waals surface area contributed by atoms with E-state index in [1.807, 2.05) is 37.3 Å². The molecule has 1 aliphatic rings. The van der Waals surface area contributed by atoms with E-state index in [4.69, 9.17) is 0 Å². The van der Waals surface area contributed by atoms with Gasteiger partial charge in [0.25, 0.3) is 5.91 Å². The second kappa shape index (κ2) is 6.77. The Hall–Kier alpha value is -2.14. The fraction of sp³-hybridized carbons (Fsp3) is 0.368. The van der Waals surface area contributed by atoms with Gasteiger partial charge in [-0.15, -0.1) is 11.3 Å². The van der Waals surface area contributed by atoms with Crippen LogP contribution in [-0.4, -0.2) is 30.8 Å². The maximum Gasteiger partial charge on any atom is 0.263 e. The molecule has 4 nitrogen and oxygen atoms in total. The average Bonchev–Trinajstić information content (AvgIpc) is 2.96. The third-order valence-corrected chi connectivity index (χ3v) is 5.58. The molecule has 0 spiro atoms. The fourth-order valence-electron chi connectivity index (χ4n) is 3.04. The number of benzene rings is 1. The minimum Gasteiger partial charge on any atom is -0.344 e. The first-order chi connectivity index (χ1) is 11.4. The quantitative estimate of drug-likeness (QED) is 0.928. The summed E-state index contributed by atoms with van der Waals surface area (Å²) in [5.74, 6) is 0.0722. The molecule has 1 heterocycles. The van der Waals surface area contributed by atoms with E-state index in [2.05, 4.69) is 5.32 Å². The number of amides is 2. The molecule has 24 heavy (non-hydrogen) atoms. The normalized spacial score (nSPS) is 16.4. The monoisotopic (exact) mass is 342 g/mol. The summed E-state index contributed by atoms with van der Waals surface area (Å²) < 4.78 is 0. The van der Waals surface area contributed by atoms with Crippen molar-refractivity contribution in [2.45, 2.75) is 26.2 Å². The number of rotatable bonds is 3. The van der Waals surface area contributed by atoms with Gasteiger partial charge in [-0.2, -0.15) is 0 Å². The molecule has 1 aromatic heterocycles. The van der Waals surface area contributed by atoms with Gasteiger partial charge in [0.1, 0.15) is 0 Å². The molecule has 3 rings (SSSR count). The van der Waals surface area contributed by atoms with Crippen LogP contribution in [0.4, 0.5) is 5.69 Å². The highest BCUT2D eigenvalue weighted by molar-refractivity contribution is 7.14. The molecular weight excluding hydrogens is 320 g/mol. The number of nitrogens with one attached hydrogen (secondary N) is 1. The Bertz CT molecular complexity index is 779. The zero-order valence-electron chi connectivity index (χ0n) is 14.3. The van der Waals surface area contributed by atoms with Gasteiger partial charge in [-0.1, -0.05) is 12.1 Å². The number of nitrogens with zero attached hydrogens (tertiary/aromatic N) is 1. The molecule has 5 heteroatoms. The van der Waals surface area contributed by atoms with Gasteiger partial charge >= 0.3 is 0 Å². The summed E-state index contributed by atoms with van der Waals surface area (Å²) in [5.41, 5.74) is 3.13. The zero-order valence-corrected chi connectivity index (χ0v) is 15.1. The number of carbonyl (C=O) groups is 2. The Balaban J connectivity index is 1.70. The third kappa shape index (κ3) is 3.51. The highest BCUT2D eigenvalue weighted by atomic mass is 32.1. The number of anilines is 1. The lowest BCUT2D eigenvalue weighted by Crippen LogP contribution is -2.27. The molecular formula is C19H22N2O2S. The van der Waals surface area contributed by atoms with E-state index in [1.165, 1.54) is 4.88 Å². The summed E-state index contributed by atoms with van der Waals surface area (Å²) >= 11 is 1.57. The van der Waals surface area contributed by atoms with Gasteiger partial charge in [0.05, 0.1) is 4.88 Å². The molecule has 1 aliphatic carbocycles. The minimum absolute atomic E-state index is 0.0325. The van der Waals surface area contributed by atoms with Crippen LogP contribution in [0.3, 0.4) is 0 Å². The lowest BCUT2D eigenvalue weighted by Gasteiger charge is -2.21. The van der Waals surface area contributed by atoms with Crippen LogP contribution in [0.1, 0.15) is 32.1 Å². The lowest BCUT2D eigenvalue weighted by molar-refractivity contribution is -0.120. The maximum atomic E-state index is 12.6. The van der Waals surface area contributed by atoms with E-state index in [9.17, 15) is 9.59 Å². The predicted molar refractivity (Wildman–Crippen MR) is 97.7 cm³/mol. The van der Waals surface area contributed by atoms with E-state index in [0.717, 1.165) is 34.5 Å². The average molecular weight is 342 g/mol. The van der Waals surface area contributed by atoms with Crippen molar-refractivity contribution in [3.63, 3.8) is 0 Å². The van der Waals surface area contributed by atoms with Crippen molar-refractivity contribution in [1.82, 2.24) is 4.90 Å². The van der Waals surface area contributed by atoms with Gasteiger partial charge in [0.15, 0.2) is 0 Å². The van der Waals surface area contributed by atoms with Gasteiger partial charge in [-0.05, 0) is 55.5 Å². The van der Waals surface area contributed by atoms with Crippen molar-refractivity contribution < 1.29 is 9.59 Å². The summed E-state index contributed by atoms with van der Waals surface area (Å²) in [6.07, 6.45) is 2.41. The molecule has 0 bridgehead atoms. The molecule has 2 amide bonds. The first-order valence-electron chi connectivity index (χ1n) is 8.15. The zero-order chi connectivity index (χ0) is 17.3. The van der Waals surface area contributed by atoms with Crippen molar-refractivity contribution in [2.24, 2.45) is 5.92 Å². The van der Waals surface area contributed by atoms with Gasteiger partial charge < -0.3 is 10.2 Å². The van der Waals surface area contributed by atoms with Crippen LogP contribution < -0.4 is 5.32 Å². The first kappa shape index (κ1) is 16.7. The minimum atomic E-state index is -0.0325. The molecule has 0 radical (unpaired) electrons. The van der Waals surface area contributed by atoms with Crippen molar-refractivity contribution in [2.75, 3.05) is 19.4 Å². The van der Waals surface area contributed by atoms with Crippen molar-refractivity contribution >= 4 is 28.8 Å². The number of hydrogen-bond acceptors (Lipinski definition) is 3. The second-order valence-corrected chi connectivity index (χ2v) is 7.69. The molecule has 0 fully saturated rings. The Morgan fingerprint density at radius 2 is 2.04 bits per heavy atom. The van der Waals surface area contributed by atoms with E-state index in [-0.39, 0.29) is 17.7 Å². The maximum absolute atomic E-state index is 12.6. The Labute approximate surface area is 146 Å². The SMILES string of the molecule is Cc1cccc(NC(=O)[C@H]2CCc3sc(C(=O)N(C)C)cc3C2)c1. The standard InChI is InChI=1S/C19H22N2O2S/c1-12-5-4-6-15(9-12)20-18(22)13-7-8-16-14(10-13)11-17(24-16)19(23)21(2)3/h4-6,9,11,13H,7-8,10H2,1-3H3,(H,20,22)/t13-/m0/s1. The fourth-order valence-corrected chi connectivity index (χ4v) is 4.27. The van der Waals surface area contributed by atoms with Crippen LogP contribution in [0, 0.1) is 12.8 Å². The lowest BCUT2D eigenvalue weighted by atomic mass is 9.87. The van der Waals surface area contributed by atoms with Gasteiger partial charge in [0.2, 0.25) is 5.91 Å². The van der Waals surface area contributed by atoms with Crippen molar-refractivity contribution in [3.05, 3.63) is 51.2 Å². The molecule has 126 valence electrons. The molecule has 0 saturated carbocycles. The molecule has 1 atom stereocenters. The Kier molecular flexibility index (Phi) is 4.71. The number of carbonyl (C=O) groups excluding carboxylic acids is 2. The Morgan fingerprint density at radius 1 is 1.25 bits per heavy atom. The van der Waals surface area contributed by atoms with Crippen molar-refractivity contribution in [3.8, 4) is 0 Å². The molecule has 0 aliphatic heterocycles. The van der Waals surface area contributed by atoms with Crippen LogP contribution in [0.5, 0.6) is 0 Å². The van der Waals surface area contributed by atoms with Gasteiger partial charge in [0, 0.05) is 30.6 Å². The predicted octanol–water partition coefficient (Wildman–Crippen LogP) is 3.50. The highest BCUT2D eigenvalue weighted by Crippen LogP contribution is 2.33. The van der Waals surface area contributed by atoms with E-state index in [1.54, 1.807) is 30.3 Å². The summed E-state index contributed by atoms with van der Waals surface area (Å²) in [6.45, 7) is 2.01. The number of hydrogen-bond donors (Lipinski definition) is 1. The summed E-state index contributed by atoms with van der Waals surface area (Å²) in [7, 11) is 3.53.